The Kier molecular flexibility index (Phi) is 8.26. The van der Waals surface area contributed by atoms with Crippen LogP contribution in [0, 0.1) is 0 Å². The zero-order valence-corrected chi connectivity index (χ0v) is 25.5. The highest BCUT2D eigenvalue weighted by atomic mass is 29.2. The Morgan fingerprint density at radius 1 is 0.786 bits per heavy atom. The van der Waals surface area contributed by atoms with Crippen molar-refractivity contribution in [2.45, 2.75) is 39.3 Å². The predicted molar refractivity (Wildman–Crippen MR) is 142 cm³/mol. The average Bonchev–Trinajstić information content (AvgIpc) is 2.62. The van der Waals surface area contributed by atoms with Gasteiger partial charge in [-0.25, -0.2) is 0 Å². The average molecular weight is 475 g/mol. The molecule has 2 aromatic carbocycles. The van der Waals surface area contributed by atoms with Gasteiger partial charge in [0.1, 0.15) is 10.5 Å². The molecular formula is C20H34O2Si6. The molecule has 0 radical (unpaired) electrons. The van der Waals surface area contributed by atoms with Gasteiger partial charge in [0.05, 0.1) is 16.1 Å². The first-order valence-corrected chi connectivity index (χ1v) is 23.3. The zero-order chi connectivity index (χ0) is 20.8. The third-order valence-corrected chi connectivity index (χ3v) is 28.4. The molecule has 0 saturated heterocycles. The molecule has 0 unspecified atom stereocenters. The summed E-state index contributed by atoms with van der Waals surface area (Å²) in [6.45, 7) is 14.4. The summed E-state index contributed by atoms with van der Waals surface area (Å²) in [4.78, 5) is 0. The summed E-state index contributed by atoms with van der Waals surface area (Å²) in [5.41, 5.74) is 0. The summed E-state index contributed by atoms with van der Waals surface area (Å²) in [5, 5.41) is 7.85. The second-order valence-electron chi connectivity index (χ2n) is 9.28. The van der Waals surface area contributed by atoms with Gasteiger partial charge in [0.2, 0.25) is 8.17 Å². The Morgan fingerprint density at radius 2 is 1.25 bits per heavy atom. The molecule has 0 aliphatic heterocycles. The van der Waals surface area contributed by atoms with E-state index in [1.807, 2.05) is 0 Å². The van der Waals surface area contributed by atoms with Gasteiger partial charge in [-0.1, -0.05) is 111 Å². The van der Waals surface area contributed by atoms with E-state index in [9.17, 15) is 0 Å². The maximum Gasteiger partial charge on any atom is 0.293 e. The quantitative estimate of drug-likeness (QED) is 0.539. The molecule has 8 heteroatoms. The van der Waals surface area contributed by atoms with Crippen LogP contribution in [0.5, 0.6) is 0 Å². The Labute approximate surface area is 180 Å². The van der Waals surface area contributed by atoms with Crippen LogP contribution >= 0.6 is 0 Å². The fourth-order valence-corrected chi connectivity index (χ4v) is 28.9. The van der Waals surface area contributed by atoms with Gasteiger partial charge in [0.15, 0.2) is 9.38 Å². The number of hydrogen-bond donors (Lipinski definition) is 0. The molecule has 2 rings (SSSR count). The summed E-state index contributed by atoms with van der Waals surface area (Å²) in [6.07, 6.45) is 0. The van der Waals surface area contributed by atoms with Crippen molar-refractivity contribution in [2.75, 3.05) is 0 Å². The van der Waals surface area contributed by atoms with E-state index in [2.05, 4.69) is 111 Å². The third kappa shape index (κ3) is 6.37. The lowest BCUT2D eigenvalue weighted by molar-refractivity contribution is 0.617. The lowest BCUT2D eigenvalue weighted by Crippen LogP contribution is -2.70. The van der Waals surface area contributed by atoms with E-state index in [1.54, 1.807) is 0 Å². The highest BCUT2D eigenvalue weighted by Gasteiger charge is 2.45. The first-order valence-electron chi connectivity index (χ1n) is 9.82. The van der Waals surface area contributed by atoms with Crippen LogP contribution in [-0.4, -0.2) is 62.6 Å². The molecule has 0 heterocycles. The van der Waals surface area contributed by atoms with Crippen LogP contribution in [0.2, 0.25) is 39.3 Å². The van der Waals surface area contributed by atoms with Gasteiger partial charge in [-0.3, -0.25) is 0 Å². The largest absolute Gasteiger partial charge is 0.582 e. The van der Waals surface area contributed by atoms with E-state index >= 15 is 0 Å². The van der Waals surface area contributed by atoms with Crippen molar-refractivity contribution >= 4 is 73.0 Å². The van der Waals surface area contributed by atoms with Crippen molar-refractivity contribution in [2.24, 2.45) is 0 Å². The van der Waals surface area contributed by atoms with Gasteiger partial charge in [0, 0.05) is 0 Å². The molecule has 2 aromatic rings. The van der Waals surface area contributed by atoms with Crippen molar-refractivity contribution in [1.82, 2.24) is 0 Å². The standard InChI is InChI=1S/C20H34O2Si6/c1-26(2,3)17-24-22-25(18-27(4,5)6)28(21-23,19-13-9-7-10-14-19)20-15-11-8-12-16-20/h7-18,24H,1-6,23H3. The number of rotatable bonds is 8. The summed E-state index contributed by atoms with van der Waals surface area (Å²) in [5.74, 6) is 0. The second-order valence-corrected chi connectivity index (χ2v) is 30.9. The third-order valence-electron chi connectivity index (χ3n) is 4.34. The first-order chi connectivity index (χ1) is 13.1. The van der Waals surface area contributed by atoms with Crippen LogP contribution in [0.25, 0.3) is 0 Å². The van der Waals surface area contributed by atoms with Gasteiger partial charge in [-0.2, -0.15) is 0 Å². The highest BCUT2D eigenvalue weighted by Crippen LogP contribution is 2.10. The molecular weight excluding hydrogens is 441 g/mol. The molecule has 0 saturated carbocycles. The lowest BCUT2D eigenvalue weighted by Gasteiger charge is -2.33. The highest BCUT2D eigenvalue weighted by molar-refractivity contribution is 7.44. The Bertz CT molecular complexity index is 769. The van der Waals surface area contributed by atoms with Crippen LogP contribution in [0.3, 0.4) is 0 Å². The van der Waals surface area contributed by atoms with E-state index in [0.717, 1.165) is 0 Å². The van der Waals surface area contributed by atoms with Crippen molar-refractivity contribution in [3.05, 3.63) is 60.7 Å². The fourth-order valence-electron chi connectivity index (χ4n) is 3.06. The SMILES string of the molecule is C[Si](C)(C)C=[SiH]O[Si](=C[Si](C)(C)C)[Si](O[SiH3])(c1ccccc1)c1ccccc1. The Balaban J connectivity index is 2.72. The van der Waals surface area contributed by atoms with Crippen LogP contribution in [0.1, 0.15) is 0 Å². The minimum absolute atomic E-state index is 0.103. The van der Waals surface area contributed by atoms with Crippen LogP contribution in [0.15, 0.2) is 60.7 Å². The van der Waals surface area contributed by atoms with Gasteiger partial charge < -0.3 is 8.23 Å². The first kappa shape index (κ1) is 23.5. The topological polar surface area (TPSA) is 18.5 Å². The van der Waals surface area contributed by atoms with Crippen molar-refractivity contribution in [3.8, 4) is 0 Å². The zero-order valence-electron chi connectivity index (χ0n) is 18.3. The number of benzene rings is 2. The summed E-state index contributed by atoms with van der Waals surface area (Å²) >= 11 is 0. The van der Waals surface area contributed by atoms with Crippen LogP contribution in [0.4, 0.5) is 0 Å². The smallest absolute Gasteiger partial charge is 0.293 e. The van der Waals surface area contributed by atoms with E-state index in [-0.39, 0.29) is 9.38 Å². The Hall–Kier alpha value is -0.759. The van der Waals surface area contributed by atoms with Gasteiger partial charge in [-0.05, 0) is 10.4 Å². The van der Waals surface area contributed by atoms with E-state index in [1.165, 1.54) is 10.4 Å². The molecule has 0 aliphatic rings. The minimum Gasteiger partial charge on any atom is -0.582 e. The summed E-state index contributed by atoms with van der Waals surface area (Å²) in [7, 11) is -5.73. The molecule has 2 nitrogen and oxygen atoms in total. The lowest BCUT2D eigenvalue weighted by atomic mass is 10.4. The molecule has 0 atom stereocenters. The molecule has 0 aliphatic carbocycles. The van der Waals surface area contributed by atoms with Crippen LogP contribution < -0.4 is 10.4 Å². The second kappa shape index (κ2) is 9.83. The normalized spacial score (nSPS) is 13.9. The summed E-state index contributed by atoms with van der Waals surface area (Å²) in [6, 6.07) is 21.8. The molecule has 0 fully saturated rings. The number of hydrogen-bond acceptors (Lipinski definition) is 2. The predicted octanol–water partition coefficient (Wildman–Crippen LogP) is 1.42. The van der Waals surface area contributed by atoms with E-state index < -0.39 is 32.2 Å². The van der Waals surface area contributed by atoms with Crippen molar-refractivity contribution in [1.29, 1.82) is 0 Å². The van der Waals surface area contributed by atoms with Gasteiger partial charge in [0.25, 0.3) is 7.83 Å². The van der Waals surface area contributed by atoms with E-state index in [4.69, 9.17) is 8.23 Å². The molecule has 0 N–H and O–H groups in total. The van der Waals surface area contributed by atoms with Crippen LogP contribution in [-0.2, 0) is 8.23 Å². The Morgan fingerprint density at radius 3 is 1.61 bits per heavy atom. The minimum atomic E-state index is -2.42. The van der Waals surface area contributed by atoms with Gasteiger partial charge >= 0.3 is 0 Å². The molecule has 0 amide bonds. The monoisotopic (exact) mass is 474 g/mol. The maximum atomic E-state index is 6.86. The molecule has 28 heavy (non-hydrogen) atoms. The fraction of sp³-hybridized carbons (Fsp3) is 0.300. The van der Waals surface area contributed by atoms with E-state index in [0.29, 0.717) is 10.5 Å². The molecule has 0 aromatic heterocycles. The van der Waals surface area contributed by atoms with Crippen molar-refractivity contribution < 1.29 is 8.23 Å². The molecule has 150 valence electrons. The maximum absolute atomic E-state index is 6.86. The van der Waals surface area contributed by atoms with Crippen molar-refractivity contribution in [3.63, 3.8) is 0 Å². The molecule has 0 spiro atoms. The summed E-state index contributed by atoms with van der Waals surface area (Å²) < 4.78 is 13.6. The van der Waals surface area contributed by atoms with Gasteiger partial charge in [-0.15, -0.1) is 0 Å². The molecule has 0 bridgehead atoms.